The van der Waals surface area contributed by atoms with Crippen molar-refractivity contribution in [2.24, 2.45) is 7.05 Å². The summed E-state index contributed by atoms with van der Waals surface area (Å²) in [5.41, 5.74) is 7.65. The first-order valence-corrected chi connectivity index (χ1v) is 7.86. The van der Waals surface area contributed by atoms with Crippen LogP contribution < -0.4 is 4.57 Å². The summed E-state index contributed by atoms with van der Waals surface area (Å²) in [6.45, 7) is 4.02. The summed E-state index contributed by atoms with van der Waals surface area (Å²) in [5.74, 6) is 0. The fourth-order valence-electron chi connectivity index (χ4n) is 2.99. The average molecular weight is 305 g/mol. The zero-order chi connectivity index (χ0) is 19.1. The number of rotatable bonds is 2. The largest absolute Gasteiger partial charge is 0.212 e. The van der Waals surface area contributed by atoms with Crippen LogP contribution in [0.2, 0.25) is 0 Å². The van der Waals surface area contributed by atoms with E-state index in [1.54, 1.807) is 0 Å². The first kappa shape index (κ1) is 12.1. The highest BCUT2D eigenvalue weighted by molar-refractivity contribution is 5.75. The second kappa shape index (κ2) is 6.00. The number of nitrogens with zero attached hydrogens (tertiary/aromatic N) is 1. The van der Waals surface area contributed by atoms with E-state index in [-0.39, 0.29) is 0 Å². The summed E-state index contributed by atoms with van der Waals surface area (Å²) in [4.78, 5) is 0. The minimum atomic E-state index is -2.15. The monoisotopic (exact) mass is 305 g/mol. The fourth-order valence-corrected chi connectivity index (χ4v) is 2.99. The maximum Gasteiger partial charge on any atom is 0.212 e. The average Bonchev–Trinajstić information content (AvgIpc) is 2.58. The predicted octanol–water partition coefficient (Wildman–Crippen LogP) is 5.08. The summed E-state index contributed by atoms with van der Waals surface area (Å²) in [5, 5.41) is 0. The second-order valence-electron chi connectivity index (χ2n) is 6.21. The van der Waals surface area contributed by atoms with E-state index < -0.39 is 6.85 Å². The van der Waals surface area contributed by atoms with Gasteiger partial charge in [-0.3, -0.25) is 0 Å². The summed E-state index contributed by atoms with van der Waals surface area (Å²) in [7, 11) is 2.03. The van der Waals surface area contributed by atoms with Crippen molar-refractivity contribution in [3.05, 3.63) is 77.0 Å². The van der Waals surface area contributed by atoms with Crippen LogP contribution in [0.4, 0.5) is 0 Å². The zero-order valence-electron chi connectivity index (χ0n) is 17.1. The van der Waals surface area contributed by atoms with E-state index in [4.69, 9.17) is 4.11 Å². The molecule has 3 aromatic rings. The van der Waals surface area contributed by atoms with Crippen molar-refractivity contribution in [3.63, 3.8) is 0 Å². The van der Waals surface area contributed by atoms with Crippen molar-refractivity contribution in [3.8, 4) is 22.4 Å². The lowest BCUT2D eigenvalue weighted by molar-refractivity contribution is -0.660. The molecule has 0 fully saturated rings. The highest BCUT2D eigenvalue weighted by Crippen LogP contribution is 2.31. The smallest absolute Gasteiger partial charge is 0.201 e. The number of hydrogen-bond donors (Lipinski definition) is 0. The van der Waals surface area contributed by atoms with E-state index in [2.05, 4.69) is 30.7 Å². The van der Waals surface area contributed by atoms with Gasteiger partial charge in [0.2, 0.25) is 5.69 Å². The Bertz CT molecular complexity index is 957. The summed E-state index contributed by atoms with van der Waals surface area (Å²) >= 11 is 0. The molecule has 1 heteroatoms. The molecule has 3 rings (SSSR count). The third kappa shape index (κ3) is 2.92. The van der Waals surface area contributed by atoms with Crippen molar-refractivity contribution in [1.29, 1.82) is 0 Å². The Morgan fingerprint density at radius 1 is 0.783 bits per heavy atom. The van der Waals surface area contributed by atoms with E-state index in [1.165, 1.54) is 11.1 Å². The number of benzene rings is 2. The molecule has 1 heterocycles. The number of aryl methyl sites for hydroxylation is 5. The lowest BCUT2D eigenvalue weighted by atomic mass is 9.93. The van der Waals surface area contributed by atoms with Crippen LogP contribution in [0.1, 0.15) is 26.4 Å². The number of aromatic nitrogens is 1. The van der Waals surface area contributed by atoms with Gasteiger partial charge in [-0.25, -0.2) is 4.57 Å². The molecule has 0 bridgehead atoms. The first-order valence-electron chi connectivity index (χ1n) is 9.36. The molecule has 0 aliphatic heterocycles. The molecule has 2 aromatic carbocycles. The van der Waals surface area contributed by atoms with Gasteiger partial charge in [-0.15, -0.1) is 0 Å². The predicted molar refractivity (Wildman–Crippen MR) is 97.4 cm³/mol. The van der Waals surface area contributed by atoms with Crippen LogP contribution in [0.25, 0.3) is 22.4 Å². The highest BCUT2D eigenvalue weighted by Gasteiger charge is 2.16. The van der Waals surface area contributed by atoms with E-state index >= 15 is 0 Å². The third-order valence-electron chi connectivity index (χ3n) is 4.47. The molecule has 23 heavy (non-hydrogen) atoms. The van der Waals surface area contributed by atoms with Crippen LogP contribution in [-0.2, 0) is 7.05 Å². The maximum absolute atomic E-state index is 7.97. The second-order valence-corrected chi connectivity index (χ2v) is 6.21. The SMILES string of the molecule is [2H]C([2H])([2H])c1cc(C)c(-c2cc(C)c(C)c[n+]2C)cc1-c1ccccc1. The molecule has 0 radical (unpaired) electrons. The van der Waals surface area contributed by atoms with Crippen molar-refractivity contribution in [2.75, 3.05) is 0 Å². The topological polar surface area (TPSA) is 3.88 Å². The van der Waals surface area contributed by atoms with Gasteiger partial charge in [0.05, 0.1) is 0 Å². The van der Waals surface area contributed by atoms with Gasteiger partial charge in [-0.2, -0.15) is 0 Å². The van der Waals surface area contributed by atoms with Crippen LogP contribution in [0, 0.1) is 27.6 Å². The number of pyridine rings is 1. The van der Waals surface area contributed by atoms with E-state index in [0.717, 1.165) is 27.9 Å². The Balaban J connectivity index is 2.31. The third-order valence-corrected chi connectivity index (χ3v) is 4.47. The van der Waals surface area contributed by atoms with Gasteiger partial charge in [0.25, 0.3) is 0 Å². The lowest BCUT2D eigenvalue weighted by Crippen LogP contribution is -2.31. The Hall–Kier alpha value is -2.41. The highest BCUT2D eigenvalue weighted by atomic mass is 14.9. The zero-order valence-corrected chi connectivity index (χ0v) is 14.1. The molecule has 0 aliphatic carbocycles. The first-order chi connectivity index (χ1) is 12.2. The minimum Gasteiger partial charge on any atom is -0.201 e. The fraction of sp³-hybridized carbons (Fsp3) is 0.227. The Labute approximate surface area is 143 Å². The van der Waals surface area contributed by atoms with Crippen LogP contribution in [0.5, 0.6) is 0 Å². The van der Waals surface area contributed by atoms with Gasteiger partial charge >= 0.3 is 0 Å². The molecule has 0 amide bonds. The van der Waals surface area contributed by atoms with Gasteiger partial charge < -0.3 is 0 Å². The molecule has 1 nitrogen and oxygen atoms in total. The molecular weight excluding hydrogens is 278 g/mol. The van der Waals surface area contributed by atoms with Crippen molar-refractivity contribution in [1.82, 2.24) is 0 Å². The molecular formula is C22H24N+. The van der Waals surface area contributed by atoms with Crippen LogP contribution in [0.15, 0.2) is 54.7 Å². The van der Waals surface area contributed by atoms with Crippen molar-refractivity contribution < 1.29 is 8.68 Å². The van der Waals surface area contributed by atoms with E-state index in [0.29, 0.717) is 5.56 Å². The Morgan fingerprint density at radius 2 is 1.52 bits per heavy atom. The summed E-state index contributed by atoms with van der Waals surface area (Å²) < 4.78 is 26.0. The molecule has 0 atom stereocenters. The quantitative estimate of drug-likeness (QED) is 0.581. The van der Waals surface area contributed by atoms with Gasteiger partial charge in [0.1, 0.15) is 7.05 Å². The van der Waals surface area contributed by atoms with Crippen LogP contribution in [0.3, 0.4) is 0 Å². The Morgan fingerprint density at radius 3 is 2.22 bits per heavy atom. The van der Waals surface area contributed by atoms with E-state index in [1.807, 2.05) is 56.4 Å². The molecule has 1 aromatic heterocycles. The summed E-state index contributed by atoms with van der Waals surface area (Å²) in [6, 6.07) is 15.8. The van der Waals surface area contributed by atoms with E-state index in [9.17, 15) is 0 Å². The molecule has 0 saturated carbocycles. The molecule has 0 aliphatic rings. The van der Waals surface area contributed by atoms with Gasteiger partial charge in [-0.05, 0) is 61.5 Å². The normalized spacial score (nSPS) is 13.3. The van der Waals surface area contributed by atoms with Crippen molar-refractivity contribution >= 4 is 0 Å². The van der Waals surface area contributed by atoms with Crippen molar-refractivity contribution in [2.45, 2.75) is 27.6 Å². The molecule has 116 valence electrons. The standard InChI is InChI=1S/C22H24N/c1-15-12-22(23(5)14-18(15)4)21-13-20(16(2)11-17(21)3)19-9-7-6-8-10-19/h6-14H,1-5H3/q+1/i2D3. The van der Waals surface area contributed by atoms with Gasteiger partial charge in [-0.1, -0.05) is 36.4 Å². The maximum atomic E-state index is 7.97. The Kier molecular flexibility index (Phi) is 3.15. The molecule has 0 saturated heterocycles. The molecule has 0 N–H and O–H groups in total. The molecule has 0 unspecified atom stereocenters. The van der Waals surface area contributed by atoms with Gasteiger partial charge in [0, 0.05) is 21.3 Å². The lowest BCUT2D eigenvalue weighted by Gasteiger charge is -2.12. The van der Waals surface area contributed by atoms with Crippen LogP contribution >= 0.6 is 0 Å². The minimum absolute atomic E-state index is 0.399. The summed E-state index contributed by atoms with van der Waals surface area (Å²) in [6.07, 6.45) is 2.12. The molecule has 0 spiro atoms. The van der Waals surface area contributed by atoms with Crippen LogP contribution in [-0.4, -0.2) is 0 Å². The van der Waals surface area contributed by atoms with Gasteiger partial charge in [0.15, 0.2) is 6.20 Å². The number of hydrogen-bond acceptors (Lipinski definition) is 0.